The van der Waals surface area contributed by atoms with Crippen LogP contribution in [0, 0.1) is 0 Å². The topological polar surface area (TPSA) is 25.8 Å². The van der Waals surface area contributed by atoms with Gasteiger partial charge in [-0.2, -0.15) is 0 Å². The first kappa shape index (κ1) is 15.6. The highest BCUT2D eigenvalue weighted by atomic mass is 35.5. The maximum Gasteiger partial charge on any atom is 0.0972 e. The van der Waals surface area contributed by atoms with Gasteiger partial charge in [0.25, 0.3) is 0 Å². The first-order valence-corrected chi connectivity index (χ1v) is 8.43. The molecule has 0 bridgehead atoms. The van der Waals surface area contributed by atoms with E-state index in [-0.39, 0.29) is 0 Å². The van der Waals surface area contributed by atoms with Gasteiger partial charge in [0.05, 0.1) is 23.3 Å². The van der Waals surface area contributed by atoms with Crippen LogP contribution in [0.15, 0.2) is 91.1 Å². The third kappa shape index (κ3) is 3.30. The fourth-order valence-electron chi connectivity index (χ4n) is 2.78. The van der Waals surface area contributed by atoms with Crippen LogP contribution in [0.5, 0.6) is 0 Å². The summed E-state index contributed by atoms with van der Waals surface area (Å²) in [6.07, 6.45) is 1.81. The van der Waals surface area contributed by atoms with Crippen molar-refractivity contribution in [3.05, 3.63) is 96.1 Å². The Bertz CT molecular complexity index is 999. The van der Waals surface area contributed by atoms with Gasteiger partial charge in [-0.05, 0) is 12.1 Å². The summed E-state index contributed by atoms with van der Waals surface area (Å²) in [6.45, 7) is 0. The molecule has 3 heteroatoms. The van der Waals surface area contributed by atoms with E-state index in [1.54, 1.807) is 6.20 Å². The van der Waals surface area contributed by atoms with Gasteiger partial charge in [-0.1, -0.05) is 84.4 Å². The van der Waals surface area contributed by atoms with Crippen LogP contribution in [-0.4, -0.2) is 9.97 Å². The van der Waals surface area contributed by atoms with E-state index in [9.17, 15) is 0 Å². The Hall–Kier alpha value is -2.97. The van der Waals surface area contributed by atoms with Crippen LogP contribution < -0.4 is 0 Å². The molecule has 0 fully saturated rings. The Kier molecular flexibility index (Phi) is 4.28. The molecule has 0 saturated carbocycles. The Morgan fingerprint density at radius 3 is 1.84 bits per heavy atom. The third-order valence-corrected chi connectivity index (χ3v) is 4.22. The lowest BCUT2D eigenvalue weighted by Gasteiger charge is -2.11. The van der Waals surface area contributed by atoms with E-state index in [1.165, 1.54) is 0 Å². The summed E-state index contributed by atoms with van der Waals surface area (Å²) in [5, 5.41) is 0.688. The van der Waals surface area contributed by atoms with E-state index in [0.717, 1.165) is 33.8 Å². The van der Waals surface area contributed by atoms with Crippen LogP contribution in [-0.2, 0) is 0 Å². The zero-order chi connectivity index (χ0) is 17.1. The Labute approximate surface area is 151 Å². The maximum absolute atomic E-state index is 6.13. The largest absolute Gasteiger partial charge is 0.252 e. The van der Waals surface area contributed by atoms with Gasteiger partial charge in [0.15, 0.2) is 0 Å². The molecule has 0 aliphatic rings. The van der Waals surface area contributed by atoms with Crippen LogP contribution in [0.25, 0.3) is 33.8 Å². The fraction of sp³-hybridized carbons (Fsp3) is 0. The van der Waals surface area contributed by atoms with Gasteiger partial charge in [0.2, 0.25) is 0 Å². The van der Waals surface area contributed by atoms with E-state index >= 15 is 0 Å². The fourth-order valence-corrected chi connectivity index (χ4v) is 2.97. The van der Waals surface area contributed by atoms with Crippen molar-refractivity contribution in [2.75, 3.05) is 0 Å². The summed E-state index contributed by atoms with van der Waals surface area (Å²) >= 11 is 6.13. The molecular formula is C22H15ClN2. The molecule has 1 heterocycles. The summed E-state index contributed by atoms with van der Waals surface area (Å²) in [7, 11) is 0. The smallest absolute Gasteiger partial charge is 0.0972 e. The van der Waals surface area contributed by atoms with Crippen molar-refractivity contribution in [3.8, 4) is 33.8 Å². The van der Waals surface area contributed by atoms with Crippen molar-refractivity contribution in [2.24, 2.45) is 0 Å². The van der Waals surface area contributed by atoms with Gasteiger partial charge in [-0.15, -0.1) is 0 Å². The number of hydrogen-bond donors (Lipinski definition) is 0. The number of benzene rings is 3. The third-order valence-electron chi connectivity index (χ3n) is 3.99. The molecule has 0 radical (unpaired) electrons. The van der Waals surface area contributed by atoms with Gasteiger partial charge in [0.1, 0.15) is 0 Å². The van der Waals surface area contributed by atoms with Crippen molar-refractivity contribution < 1.29 is 0 Å². The lowest BCUT2D eigenvalue weighted by molar-refractivity contribution is 1.21. The molecule has 4 rings (SSSR count). The SMILES string of the molecule is Clc1cccc(-c2cnc(-c3ccccc3)c(-c3ccccc3)n2)c1. The molecule has 0 saturated heterocycles. The standard InChI is InChI=1S/C22H15ClN2/c23-19-13-7-12-18(14-19)20-15-24-21(16-8-3-1-4-9-16)22(25-20)17-10-5-2-6-11-17/h1-15H. The second-order valence-corrected chi connectivity index (χ2v) is 6.13. The highest BCUT2D eigenvalue weighted by Gasteiger charge is 2.13. The maximum atomic E-state index is 6.13. The molecule has 120 valence electrons. The summed E-state index contributed by atoms with van der Waals surface area (Å²) in [4.78, 5) is 9.64. The summed E-state index contributed by atoms with van der Waals surface area (Å²) in [5.74, 6) is 0. The molecule has 2 nitrogen and oxygen atoms in total. The summed E-state index contributed by atoms with van der Waals surface area (Å²) < 4.78 is 0. The predicted octanol–water partition coefficient (Wildman–Crippen LogP) is 6.13. The van der Waals surface area contributed by atoms with Gasteiger partial charge in [-0.25, -0.2) is 4.98 Å². The van der Waals surface area contributed by atoms with E-state index in [4.69, 9.17) is 21.6 Å². The van der Waals surface area contributed by atoms with E-state index in [2.05, 4.69) is 24.3 Å². The molecule has 25 heavy (non-hydrogen) atoms. The second-order valence-electron chi connectivity index (χ2n) is 5.69. The molecule has 0 amide bonds. The van der Waals surface area contributed by atoms with Gasteiger partial charge in [-0.3, -0.25) is 4.98 Å². The number of hydrogen-bond acceptors (Lipinski definition) is 2. The normalized spacial score (nSPS) is 10.6. The highest BCUT2D eigenvalue weighted by Crippen LogP contribution is 2.31. The molecular weight excluding hydrogens is 328 g/mol. The van der Waals surface area contributed by atoms with Crippen molar-refractivity contribution in [1.82, 2.24) is 9.97 Å². The monoisotopic (exact) mass is 342 g/mol. The number of aromatic nitrogens is 2. The number of halogens is 1. The lowest BCUT2D eigenvalue weighted by Crippen LogP contribution is -1.96. The molecule has 0 N–H and O–H groups in total. The van der Waals surface area contributed by atoms with Crippen molar-refractivity contribution in [2.45, 2.75) is 0 Å². The molecule has 4 aromatic rings. The zero-order valence-corrected chi connectivity index (χ0v) is 14.2. The molecule has 0 aliphatic heterocycles. The van der Waals surface area contributed by atoms with Crippen molar-refractivity contribution in [3.63, 3.8) is 0 Å². The molecule has 0 spiro atoms. The Morgan fingerprint density at radius 1 is 0.600 bits per heavy atom. The average molecular weight is 343 g/mol. The number of rotatable bonds is 3. The quantitative estimate of drug-likeness (QED) is 0.447. The summed E-state index contributed by atoms with van der Waals surface area (Å²) in [5.41, 5.74) is 5.59. The minimum absolute atomic E-state index is 0.688. The van der Waals surface area contributed by atoms with Crippen molar-refractivity contribution in [1.29, 1.82) is 0 Å². The molecule has 0 atom stereocenters. The minimum atomic E-state index is 0.688. The van der Waals surface area contributed by atoms with Crippen LogP contribution in [0.1, 0.15) is 0 Å². The lowest BCUT2D eigenvalue weighted by atomic mass is 10.0. The van der Waals surface area contributed by atoms with Gasteiger partial charge < -0.3 is 0 Å². The van der Waals surface area contributed by atoms with Crippen LogP contribution >= 0.6 is 11.6 Å². The highest BCUT2D eigenvalue weighted by molar-refractivity contribution is 6.30. The second kappa shape index (κ2) is 6.88. The van der Waals surface area contributed by atoms with Gasteiger partial charge in [0, 0.05) is 21.7 Å². The van der Waals surface area contributed by atoms with Crippen LogP contribution in [0.2, 0.25) is 5.02 Å². The first-order chi connectivity index (χ1) is 12.3. The van der Waals surface area contributed by atoms with E-state index in [1.807, 2.05) is 60.7 Å². The van der Waals surface area contributed by atoms with E-state index in [0.29, 0.717) is 5.02 Å². The Morgan fingerprint density at radius 2 is 1.20 bits per heavy atom. The number of nitrogens with zero attached hydrogens (tertiary/aromatic N) is 2. The summed E-state index contributed by atoms with van der Waals surface area (Å²) in [6, 6.07) is 27.9. The van der Waals surface area contributed by atoms with Gasteiger partial charge >= 0.3 is 0 Å². The van der Waals surface area contributed by atoms with E-state index < -0.39 is 0 Å². The minimum Gasteiger partial charge on any atom is -0.252 e. The molecule has 0 unspecified atom stereocenters. The predicted molar refractivity (Wildman–Crippen MR) is 103 cm³/mol. The molecule has 1 aromatic heterocycles. The molecule has 0 aliphatic carbocycles. The Balaban J connectivity index is 1.92. The molecule has 3 aromatic carbocycles. The zero-order valence-electron chi connectivity index (χ0n) is 13.4. The average Bonchev–Trinajstić information content (AvgIpc) is 2.69. The van der Waals surface area contributed by atoms with Crippen LogP contribution in [0.4, 0.5) is 0 Å². The van der Waals surface area contributed by atoms with Crippen LogP contribution in [0.3, 0.4) is 0 Å². The van der Waals surface area contributed by atoms with Crippen molar-refractivity contribution >= 4 is 11.6 Å². The first-order valence-electron chi connectivity index (χ1n) is 8.05.